The van der Waals surface area contributed by atoms with Gasteiger partial charge in [-0.25, -0.2) is 0 Å². The molecule has 1 aliphatic heterocycles. The van der Waals surface area contributed by atoms with Gasteiger partial charge in [0.1, 0.15) is 0 Å². The lowest BCUT2D eigenvalue weighted by molar-refractivity contribution is -0.141. The fraction of sp³-hybridized carbons (Fsp3) is 0.714. The summed E-state index contributed by atoms with van der Waals surface area (Å²) in [5, 5.41) is 10.5. The Labute approximate surface area is 122 Å². The molecule has 118 valence electrons. The number of unbranched alkanes of at least 4 members (excludes halogenated alkanes) is 1. The van der Waals surface area contributed by atoms with E-state index < -0.39 is 11.9 Å². The Morgan fingerprint density at radius 1 is 1.33 bits per heavy atom. The molecule has 1 unspecified atom stereocenters. The van der Waals surface area contributed by atoms with E-state index in [0.717, 1.165) is 51.4 Å². The van der Waals surface area contributed by atoms with Crippen molar-refractivity contribution in [2.45, 2.75) is 44.8 Å². The first-order chi connectivity index (χ1) is 10.0. The van der Waals surface area contributed by atoms with Crippen LogP contribution in [-0.2, 0) is 6.18 Å². The van der Waals surface area contributed by atoms with Gasteiger partial charge in [-0.05, 0) is 37.9 Å². The van der Waals surface area contributed by atoms with E-state index >= 15 is 0 Å². The first-order valence-corrected chi connectivity index (χ1v) is 7.40. The van der Waals surface area contributed by atoms with Gasteiger partial charge in [-0.2, -0.15) is 13.2 Å². The number of rotatable bonds is 6. The van der Waals surface area contributed by atoms with Gasteiger partial charge < -0.3 is 10.2 Å². The van der Waals surface area contributed by atoms with Crippen LogP contribution in [0.4, 0.5) is 19.0 Å². The number of anilines is 1. The zero-order valence-corrected chi connectivity index (χ0v) is 12.2. The van der Waals surface area contributed by atoms with Crippen molar-refractivity contribution >= 4 is 5.82 Å². The molecule has 1 aliphatic rings. The fourth-order valence-corrected chi connectivity index (χ4v) is 2.47. The van der Waals surface area contributed by atoms with Crippen LogP contribution in [0.25, 0.3) is 0 Å². The fourth-order valence-electron chi connectivity index (χ4n) is 2.47. The van der Waals surface area contributed by atoms with Crippen LogP contribution in [0.1, 0.15) is 38.3 Å². The molecule has 0 bridgehead atoms. The van der Waals surface area contributed by atoms with Crippen LogP contribution in [0.15, 0.2) is 12.1 Å². The van der Waals surface area contributed by atoms with Crippen molar-refractivity contribution in [3.8, 4) is 0 Å². The molecule has 0 aromatic carbocycles. The molecule has 4 nitrogen and oxygen atoms in total. The molecule has 1 aromatic heterocycles. The molecule has 1 atom stereocenters. The van der Waals surface area contributed by atoms with E-state index in [1.807, 2.05) is 4.90 Å². The van der Waals surface area contributed by atoms with E-state index in [1.54, 1.807) is 0 Å². The van der Waals surface area contributed by atoms with Gasteiger partial charge in [0.05, 0.1) is 0 Å². The van der Waals surface area contributed by atoms with E-state index in [-0.39, 0.29) is 0 Å². The zero-order valence-electron chi connectivity index (χ0n) is 12.2. The topological polar surface area (TPSA) is 41.0 Å². The number of nitrogens with one attached hydrogen (secondary N) is 1. The molecule has 1 fully saturated rings. The third-order valence-corrected chi connectivity index (χ3v) is 3.65. The summed E-state index contributed by atoms with van der Waals surface area (Å²) in [6.45, 7) is 4.64. The van der Waals surface area contributed by atoms with Crippen LogP contribution < -0.4 is 10.2 Å². The van der Waals surface area contributed by atoms with Crippen LogP contribution in [0.2, 0.25) is 0 Å². The van der Waals surface area contributed by atoms with Gasteiger partial charge in [-0.1, -0.05) is 13.3 Å². The van der Waals surface area contributed by atoms with Crippen molar-refractivity contribution in [2.24, 2.45) is 0 Å². The Balaban J connectivity index is 2.07. The van der Waals surface area contributed by atoms with Gasteiger partial charge in [0.2, 0.25) is 0 Å². The average Bonchev–Trinajstić information content (AvgIpc) is 2.95. The van der Waals surface area contributed by atoms with E-state index in [9.17, 15) is 13.2 Å². The minimum Gasteiger partial charge on any atom is -0.354 e. The second-order valence-corrected chi connectivity index (χ2v) is 5.37. The van der Waals surface area contributed by atoms with Gasteiger partial charge in [-0.3, -0.25) is 0 Å². The maximum absolute atomic E-state index is 12.5. The van der Waals surface area contributed by atoms with E-state index in [2.05, 4.69) is 22.4 Å². The molecule has 0 spiro atoms. The molecule has 0 saturated carbocycles. The SMILES string of the molecule is CCCCN(CC1CCCN1)c1ccc(C(F)(F)F)nn1. The summed E-state index contributed by atoms with van der Waals surface area (Å²) < 4.78 is 37.6. The molecule has 7 heteroatoms. The quantitative estimate of drug-likeness (QED) is 0.877. The molecular weight excluding hydrogens is 281 g/mol. The maximum Gasteiger partial charge on any atom is 0.435 e. The van der Waals surface area contributed by atoms with Gasteiger partial charge >= 0.3 is 6.18 Å². The molecule has 2 heterocycles. The van der Waals surface area contributed by atoms with Crippen molar-refractivity contribution in [2.75, 3.05) is 24.5 Å². The average molecular weight is 302 g/mol. The van der Waals surface area contributed by atoms with Crippen molar-refractivity contribution in [1.29, 1.82) is 0 Å². The lowest BCUT2D eigenvalue weighted by Gasteiger charge is -2.26. The molecule has 1 aromatic rings. The molecule has 0 radical (unpaired) electrons. The minimum absolute atomic E-state index is 0.381. The third kappa shape index (κ3) is 4.56. The van der Waals surface area contributed by atoms with Crippen molar-refractivity contribution < 1.29 is 13.2 Å². The highest BCUT2D eigenvalue weighted by Crippen LogP contribution is 2.27. The highest BCUT2D eigenvalue weighted by Gasteiger charge is 2.33. The van der Waals surface area contributed by atoms with Crippen LogP contribution in [0, 0.1) is 0 Å². The van der Waals surface area contributed by atoms with E-state index in [0.29, 0.717) is 11.9 Å². The van der Waals surface area contributed by atoms with Crippen molar-refractivity contribution in [3.63, 3.8) is 0 Å². The number of alkyl halides is 3. The van der Waals surface area contributed by atoms with E-state index in [4.69, 9.17) is 0 Å². The highest BCUT2D eigenvalue weighted by molar-refractivity contribution is 5.38. The summed E-state index contributed by atoms with van der Waals surface area (Å²) in [7, 11) is 0. The summed E-state index contributed by atoms with van der Waals surface area (Å²) in [4.78, 5) is 2.03. The largest absolute Gasteiger partial charge is 0.435 e. The van der Waals surface area contributed by atoms with E-state index in [1.165, 1.54) is 6.07 Å². The second kappa shape index (κ2) is 7.06. The first-order valence-electron chi connectivity index (χ1n) is 7.40. The minimum atomic E-state index is -4.44. The number of hydrogen-bond acceptors (Lipinski definition) is 4. The molecular formula is C14H21F3N4. The molecule has 1 saturated heterocycles. The van der Waals surface area contributed by atoms with Crippen LogP contribution >= 0.6 is 0 Å². The Morgan fingerprint density at radius 2 is 2.14 bits per heavy atom. The van der Waals surface area contributed by atoms with Crippen LogP contribution in [-0.4, -0.2) is 35.9 Å². The molecule has 1 N–H and O–H groups in total. The molecule has 0 amide bonds. The highest BCUT2D eigenvalue weighted by atomic mass is 19.4. The predicted molar refractivity (Wildman–Crippen MR) is 75.2 cm³/mol. The Hall–Kier alpha value is -1.37. The summed E-state index contributed by atoms with van der Waals surface area (Å²) >= 11 is 0. The lowest BCUT2D eigenvalue weighted by Crippen LogP contribution is -2.38. The summed E-state index contributed by atoms with van der Waals surface area (Å²) in [5.74, 6) is 0.519. The Kier molecular flexibility index (Phi) is 5.39. The van der Waals surface area contributed by atoms with Crippen LogP contribution in [0.3, 0.4) is 0 Å². The zero-order chi connectivity index (χ0) is 15.3. The van der Waals surface area contributed by atoms with Gasteiger partial charge in [0.15, 0.2) is 11.5 Å². The predicted octanol–water partition coefficient (Wildman–Crippen LogP) is 2.85. The van der Waals surface area contributed by atoms with Gasteiger partial charge in [-0.15, -0.1) is 10.2 Å². The van der Waals surface area contributed by atoms with Crippen LogP contribution in [0.5, 0.6) is 0 Å². The summed E-state index contributed by atoms with van der Waals surface area (Å²) in [6.07, 6.45) is -0.188. The third-order valence-electron chi connectivity index (χ3n) is 3.65. The Bertz CT molecular complexity index is 427. The number of hydrogen-bond donors (Lipinski definition) is 1. The molecule has 0 aliphatic carbocycles. The second-order valence-electron chi connectivity index (χ2n) is 5.37. The van der Waals surface area contributed by atoms with Crippen molar-refractivity contribution in [3.05, 3.63) is 17.8 Å². The number of aromatic nitrogens is 2. The normalized spacial score (nSPS) is 19.0. The number of halogens is 3. The van der Waals surface area contributed by atoms with Gasteiger partial charge in [0.25, 0.3) is 0 Å². The molecule has 2 rings (SSSR count). The van der Waals surface area contributed by atoms with Crippen molar-refractivity contribution in [1.82, 2.24) is 15.5 Å². The Morgan fingerprint density at radius 3 is 2.67 bits per heavy atom. The first kappa shape index (κ1) is 16.0. The summed E-state index contributed by atoms with van der Waals surface area (Å²) in [5.41, 5.74) is -0.944. The maximum atomic E-state index is 12.5. The monoisotopic (exact) mass is 302 g/mol. The standard InChI is InChI=1S/C14H21F3N4/c1-2-3-9-21(10-11-5-4-8-18-11)13-7-6-12(19-20-13)14(15,16)17/h6-7,11,18H,2-5,8-10H2,1H3. The smallest absolute Gasteiger partial charge is 0.354 e. The summed E-state index contributed by atoms with van der Waals surface area (Å²) in [6, 6.07) is 2.80. The lowest BCUT2D eigenvalue weighted by atomic mass is 10.2. The molecule has 21 heavy (non-hydrogen) atoms. The van der Waals surface area contributed by atoms with Gasteiger partial charge in [0, 0.05) is 19.1 Å². The number of nitrogens with zero attached hydrogens (tertiary/aromatic N) is 3.